The average Bonchev–Trinajstić information content (AvgIpc) is 2.59. The third-order valence-electron chi connectivity index (χ3n) is 3.25. The van der Waals surface area contributed by atoms with Gasteiger partial charge in [0.1, 0.15) is 0 Å². The number of halogens is 2. The number of nitrogens with zero attached hydrogens (tertiary/aromatic N) is 1. The summed E-state index contributed by atoms with van der Waals surface area (Å²) in [6, 6.07) is 6.98. The van der Waals surface area contributed by atoms with Crippen LogP contribution < -0.4 is 16.0 Å². The van der Waals surface area contributed by atoms with E-state index >= 15 is 0 Å². The Labute approximate surface area is 178 Å². The smallest absolute Gasteiger partial charge is 0.252 e. The standard InChI is InChI=1S/C18H29ClN4O2.HI/c1-14(2)13-25-12-6-9-22-18(20-3)23-11-10-21-17(24)15-7-4-5-8-16(15)19;/h4-5,7-8,14H,6,9-13H2,1-3H3,(H,21,24)(H2,20,22,23);1H. The zero-order valence-corrected chi connectivity index (χ0v) is 18.8. The van der Waals surface area contributed by atoms with Crippen LogP contribution in [0.3, 0.4) is 0 Å². The van der Waals surface area contributed by atoms with E-state index in [9.17, 15) is 4.79 Å². The van der Waals surface area contributed by atoms with Crippen LogP contribution in [0.4, 0.5) is 0 Å². The fourth-order valence-corrected chi connectivity index (χ4v) is 2.24. The number of hydrogen-bond acceptors (Lipinski definition) is 3. The molecule has 1 rings (SSSR count). The van der Waals surface area contributed by atoms with Crippen LogP contribution in [0.25, 0.3) is 0 Å². The fourth-order valence-electron chi connectivity index (χ4n) is 2.02. The average molecular weight is 497 g/mol. The highest BCUT2D eigenvalue weighted by Crippen LogP contribution is 2.14. The summed E-state index contributed by atoms with van der Waals surface area (Å²) in [4.78, 5) is 16.2. The van der Waals surface area contributed by atoms with Crippen molar-refractivity contribution in [1.82, 2.24) is 16.0 Å². The predicted molar refractivity (Wildman–Crippen MR) is 119 cm³/mol. The Morgan fingerprint density at radius 2 is 1.81 bits per heavy atom. The van der Waals surface area contributed by atoms with E-state index in [0.717, 1.165) is 26.2 Å². The minimum absolute atomic E-state index is 0. The summed E-state index contributed by atoms with van der Waals surface area (Å²) in [6.07, 6.45) is 0.913. The lowest BCUT2D eigenvalue weighted by Gasteiger charge is -2.13. The number of guanidine groups is 1. The molecule has 0 unspecified atom stereocenters. The van der Waals surface area contributed by atoms with Gasteiger partial charge in [0, 0.05) is 39.9 Å². The molecule has 1 amide bonds. The van der Waals surface area contributed by atoms with Crippen molar-refractivity contribution in [1.29, 1.82) is 0 Å². The number of hydrogen-bond donors (Lipinski definition) is 3. The molecule has 6 nitrogen and oxygen atoms in total. The van der Waals surface area contributed by atoms with Gasteiger partial charge < -0.3 is 20.7 Å². The zero-order chi connectivity index (χ0) is 18.5. The van der Waals surface area contributed by atoms with Crippen molar-refractivity contribution in [2.24, 2.45) is 10.9 Å². The first-order valence-electron chi connectivity index (χ1n) is 8.59. The van der Waals surface area contributed by atoms with Crippen molar-refractivity contribution < 1.29 is 9.53 Å². The maximum Gasteiger partial charge on any atom is 0.252 e. The summed E-state index contributed by atoms with van der Waals surface area (Å²) in [5.41, 5.74) is 0.480. The minimum Gasteiger partial charge on any atom is -0.381 e. The number of benzene rings is 1. The largest absolute Gasteiger partial charge is 0.381 e. The van der Waals surface area contributed by atoms with Gasteiger partial charge >= 0.3 is 0 Å². The molecular weight excluding hydrogens is 467 g/mol. The second-order valence-electron chi connectivity index (χ2n) is 5.98. The predicted octanol–water partition coefficient (Wildman–Crippen LogP) is 2.92. The molecule has 8 heteroatoms. The van der Waals surface area contributed by atoms with E-state index in [2.05, 4.69) is 34.8 Å². The van der Waals surface area contributed by atoms with E-state index in [-0.39, 0.29) is 29.9 Å². The second-order valence-corrected chi connectivity index (χ2v) is 6.39. The first-order valence-corrected chi connectivity index (χ1v) is 8.97. The molecule has 1 aromatic rings. The van der Waals surface area contributed by atoms with Gasteiger partial charge in [-0.1, -0.05) is 37.6 Å². The number of ether oxygens (including phenoxy) is 1. The van der Waals surface area contributed by atoms with Gasteiger partial charge in [-0.05, 0) is 24.5 Å². The summed E-state index contributed by atoms with van der Waals surface area (Å²) < 4.78 is 5.53. The Bertz CT molecular complexity index is 556. The molecule has 0 saturated carbocycles. The topological polar surface area (TPSA) is 74.8 Å². The summed E-state index contributed by atoms with van der Waals surface area (Å²) in [7, 11) is 1.72. The van der Waals surface area contributed by atoms with E-state index in [1.54, 1.807) is 31.3 Å². The third kappa shape index (κ3) is 10.8. The monoisotopic (exact) mass is 496 g/mol. The molecule has 0 radical (unpaired) electrons. The van der Waals surface area contributed by atoms with E-state index in [0.29, 0.717) is 35.6 Å². The molecule has 0 saturated heterocycles. The highest BCUT2D eigenvalue weighted by atomic mass is 127. The van der Waals surface area contributed by atoms with E-state index in [1.807, 2.05) is 0 Å². The number of carbonyl (C=O) groups is 1. The third-order valence-corrected chi connectivity index (χ3v) is 3.58. The lowest BCUT2D eigenvalue weighted by molar-refractivity contribution is 0.0954. The van der Waals surface area contributed by atoms with Crippen LogP contribution in [-0.4, -0.2) is 51.8 Å². The minimum atomic E-state index is -0.183. The van der Waals surface area contributed by atoms with Gasteiger partial charge in [-0.25, -0.2) is 0 Å². The molecular formula is C18H30ClIN4O2. The second kappa shape index (κ2) is 15.0. The Balaban J connectivity index is 0.00000625. The Morgan fingerprint density at radius 3 is 2.46 bits per heavy atom. The van der Waals surface area contributed by atoms with E-state index < -0.39 is 0 Å². The van der Waals surface area contributed by atoms with Gasteiger partial charge in [-0.3, -0.25) is 9.79 Å². The summed E-state index contributed by atoms with van der Waals surface area (Å²) in [5, 5.41) is 9.64. The molecule has 1 aromatic carbocycles. The molecule has 26 heavy (non-hydrogen) atoms. The molecule has 0 spiro atoms. The normalized spacial score (nSPS) is 11.0. The number of rotatable bonds is 10. The molecule has 0 bridgehead atoms. The van der Waals surface area contributed by atoms with Crippen LogP contribution in [-0.2, 0) is 4.74 Å². The molecule has 0 aromatic heterocycles. The van der Waals surface area contributed by atoms with Crippen LogP contribution in [0, 0.1) is 5.92 Å². The van der Waals surface area contributed by atoms with Crippen molar-refractivity contribution in [2.45, 2.75) is 20.3 Å². The zero-order valence-electron chi connectivity index (χ0n) is 15.7. The Morgan fingerprint density at radius 1 is 1.15 bits per heavy atom. The summed E-state index contributed by atoms with van der Waals surface area (Å²) >= 11 is 6.00. The quantitative estimate of drug-likeness (QED) is 0.202. The summed E-state index contributed by atoms with van der Waals surface area (Å²) in [5.74, 6) is 1.08. The molecule has 0 atom stereocenters. The van der Waals surface area contributed by atoms with Gasteiger partial charge in [-0.2, -0.15) is 0 Å². The fraction of sp³-hybridized carbons (Fsp3) is 0.556. The molecule has 148 valence electrons. The molecule has 0 aliphatic heterocycles. The first-order chi connectivity index (χ1) is 12.0. The highest BCUT2D eigenvalue weighted by Gasteiger charge is 2.08. The van der Waals surface area contributed by atoms with Crippen molar-refractivity contribution in [3.8, 4) is 0 Å². The lowest BCUT2D eigenvalue weighted by atomic mass is 10.2. The SMILES string of the molecule is CN=C(NCCCOCC(C)C)NCCNC(=O)c1ccccc1Cl.I. The number of nitrogens with one attached hydrogen (secondary N) is 3. The van der Waals surface area contributed by atoms with Gasteiger partial charge in [0.15, 0.2) is 5.96 Å². The maximum atomic E-state index is 12.0. The van der Waals surface area contributed by atoms with Crippen LogP contribution in [0.5, 0.6) is 0 Å². The first kappa shape index (κ1) is 24.9. The van der Waals surface area contributed by atoms with Crippen LogP contribution >= 0.6 is 35.6 Å². The van der Waals surface area contributed by atoms with Crippen LogP contribution in [0.2, 0.25) is 5.02 Å². The Hall–Kier alpha value is -1.06. The molecule has 3 N–H and O–H groups in total. The van der Waals surface area contributed by atoms with E-state index in [4.69, 9.17) is 16.3 Å². The summed E-state index contributed by atoms with van der Waals surface area (Å²) in [6.45, 7) is 7.61. The molecule has 0 aliphatic rings. The molecule has 0 fully saturated rings. The Kier molecular flexibility index (Phi) is 14.4. The van der Waals surface area contributed by atoms with Gasteiger partial charge in [0.05, 0.1) is 10.6 Å². The van der Waals surface area contributed by atoms with Gasteiger partial charge in [0.25, 0.3) is 5.91 Å². The molecule has 0 heterocycles. The number of amides is 1. The molecule has 0 aliphatic carbocycles. The number of carbonyl (C=O) groups excluding carboxylic acids is 1. The number of aliphatic imine (C=N–C) groups is 1. The van der Waals surface area contributed by atoms with Crippen molar-refractivity contribution in [3.05, 3.63) is 34.9 Å². The van der Waals surface area contributed by atoms with Crippen molar-refractivity contribution in [2.75, 3.05) is 39.9 Å². The van der Waals surface area contributed by atoms with E-state index in [1.165, 1.54) is 0 Å². The van der Waals surface area contributed by atoms with Crippen LogP contribution in [0.15, 0.2) is 29.3 Å². The maximum absolute atomic E-state index is 12.0. The van der Waals surface area contributed by atoms with Gasteiger partial charge in [0.2, 0.25) is 0 Å². The highest BCUT2D eigenvalue weighted by molar-refractivity contribution is 14.0. The van der Waals surface area contributed by atoms with Crippen molar-refractivity contribution in [3.63, 3.8) is 0 Å². The lowest BCUT2D eigenvalue weighted by Crippen LogP contribution is -2.42. The van der Waals surface area contributed by atoms with Crippen LogP contribution in [0.1, 0.15) is 30.6 Å². The van der Waals surface area contributed by atoms with Crippen molar-refractivity contribution >= 4 is 47.4 Å². The van der Waals surface area contributed by atoms with Gasteiger partial charge in [-0.15, -0.1) is 24.0 Å².